The number of carbonyl (C=O) groups excluding carboxylic acids is 2. The maximum atomic E-state index is 10.8. The van der Waals surface area contributed by atoms with Crippen molar-refractivity contribution in [1.82, 2.24) is 0 Å². The van der Waals surface area contributed by atoms with Crippen molar-refractivity contribution in [2.75, 3.05) is 0 Å². The topological polar surface area (TPSA) is 52.6 Å². The second-order valence-electron chi connectivity index (χ2n) is 2.43. The van der Waals surface area contributed by atoms with E-state index in [2.05, 4.69) is 20.9 Å². The molecule has 0 aromatic heterocycles. The number of carbonyl (C=O) groups is 2. The smallest absolute Gasteiger partial charge is 0.435 e. The van der Waals surface area contributed by atoms with E-state index in [1.165, 1.54) is 0 Å². The molecule has 0 bridgehead atoms. The van der Waals surface area contributed by atoms with Gasteiger partial charge in [-0.25, -0.2) is 9.59 Å². The third-order valence-electron chi connectivity index (χ3n) is 1.45. The zero-order valence-corrected chi connectivity index (χ0v) is 7.86. The summed E-state index contributed by atoms with van der Waals surface area (Å²) in [6, 6.07) is 8.95. The van der Waals surface area contributed by atoms with Crippen LogP contribution in [-0.4, -0.2) is 11.9 Å². The molecule has 74 valence electrons. The first-order valence-corrected chi connectivity index (χ1v) is 4.08. The summed E-state index contributed by atoms with van der Waals surface area (Å²) in [5.74, 6) is -2.33. The zero-order valence-electron chi connectivity index (χ0n) is 7.10. The van der Waals surface area contributed by atoms with Gasteiger partial charge in [0.15, 0.2) is 0 Å². The van der Waals surface area contributed by atoms with Crippen LogP contribution in [0.5, 0.6) is 0 Å². The Morgan fingerprint density at radius 1 is 1.14 bits per heavy atom. The number of benzene rings is 1. The summed E-state index contributed by atoms with van der Waals surface area (Å²) >= 11 is 4.68. The number of hydrogen-bond donors (Lipinski definition) is 0. The summed E-state index contributed by atoms with van der Waals surface area (Å²) in [6.07, 6.45) is 0. The van der Waals surface area contributed by atoms with Gasteiger partial charge in [-0.15, -0.1) is 0 Å². The molecule has 0 radical (unpaired) electrons. The Morgan fingerprint density at radius 2 is 1.79 bits per heavy atom. The van der Waals surface area contributed by atoms with E-state index in [0.717, 1.165) is 5.56 Å². The Hall–Kier alpha value is -1.55. The van der Waals surface area contributed by atoms with Gasteiger partial charge in [0.25, 0.3) is 0 Å². The number of hydrogen-bond acceptors (Lipinski definition) is 4. The first-order chi connectivity index (χ1) is 6.74. The van der Waals surface area contributed by atoms with Gasteiger partial charge in [-0.05, 0) is 5.56 Å². The average molecular weight is 215 g/mol. The van der Waals surface area contributed by atoms with Crippen LogP contribution in [0.2, 0.25) is 0 Å². The Morgan fingerprint density at radius 3 is 2.36 bits per heavy atom. The molecule has 4 nitrogen and oxygen atoms in total. The van der Waals surface area contributed by atoms with E-state index in [0.29, 0.717) is 0 Å². The van der Waals surface area contributed by atoms with Crippen LogP contribution >= 0.6 is 11.9 Å². The predicted octanol–water partition coefficient (Wildman–Crippen LogP) is 1.43. The summed E-state index contributed by atoms with van der Waals surface area (Å²) in [7, 11) is 0. The van der Waals surface area contributed by atoms with Gasteiger partial charge in [0.1, 0.15) is 18.5 Å². The molecule has 1 aromatic carbocycles. The Kier molecular flexibility index (Phi) is 3.94. The average Bonchev–Trinajstić information content (AvgIpc) is 2.26. The lowest BCUT2D eigenvalue weighted by molar-refractivity contribution is -0.162. The van der Waals surface area contributed by atoms with Crippen molar-refractivity contribution in [3.05, 3.63) is 35.9 Å². The SMILES string of the molecule is O=C(OCl)C(=O)OCc1ccccc1. The lowest BCUT2D eigenvalue weighted by atomic mass is 10.2. The summed E-state index contributed by atoms with van der Waals surface area (Å²) in [4.78, 5) is 21.3. The lowest BCUT2D eigenvalue weighted by Gasteiger charge is -2.01. The summed E-state index contributed by atoms with van der Waals surface area (Å²) < 4.78 is 8.24. The molecular weight excluding hydrogens is 208 g/mol. The Balaban J connectivity index is 2.42. The highest BCUT2D eigenvalue weighted by Crippen LogP contribution is 2.01. The van der Waals surface area contributed by atoms with Crippen molar-refractivity contribution in [3.8, 4) is 0 Å². The van der Waals surface area contributed by atoms with Crippen LogP contribution in [0.25, 0.3) is 0 Å². The molecule has 0 heterocycles. The molecule has 1 rings (SSSR count). The van der Waals surface area contributed by atoms with Crippen LogP contribution < -0.4 is 0 Å². The van der Waals surface area contributed by atoms with E-state index in [1.807, 2.05) is 6.07 Å². The normalized spacial score (nSPS) is 9.21. The molecule has 0 spiro atoms. The molecule has 0 aliphatic heterocycles. The first kappa shape index (κ1) is 10.5. The predicted molar refractivity (Wildman–Crippen MR) is 48.2 cm³/mol. The molecule has 1 aromatic rings. The zero-order chi connectivity index (χ0) is 10.4. The van der Waals surface area contributed by atoms with Crippen LogP contribution in [-0.2, 0) is 25.2 Å². The Bertz CT molecular complexity index is 323. The summed E-state index contributed by atoms with van der Waals surface area (Å²) in [6.45, 7) is 0.0195. The Labute approximate surface area is 85.6 Å². The molecular formula is C9H7ClO4. The van der Waals surface area contributed by atoms with E-state index in [9.17, 15) is 9.59 Å². The van der Waals surface area contributed by atoms with E-state index in [1.54, 1.807) is 24.3 Å². The fourth-order valence-corrected chi connectivity index (χ4v) is 0.877. The van der Waals surface area contributed by atoms with Gasteiger partial charge in [-0.2, -0.15) is 0 Å². The molecule has 0 aliphatic rings. The number of rotatable bonds is 2. The largest absolute Gasteiger partial charge is 0.452 e. The van der Waals surface area contributed by atoms with Crippen molar-refractivity contribution >= 4 is 23.8 Å². The second-order valence-corrected chi connectivity index (χ2v) is 2.58. The van der Waals surface area contributed by atoms with Crippen molar-refractivity contribution in [1.29, 1.82) is 0 Å². The fourth-order valence-electron chi connectivity index (χ4n) is 0.814. The standard InChI is InChI=1S/C9H7ClO4/c10-14-9(12)8(11)13-6-7-4-2-1-3-5-7/h1-5H,6H2. The molecule has 0 aliphatic carbocycles. The molecule has 0 saturated carbocycles. The minimum Gasteiger partial charge on any atom is -0.452 e. The highest BCUT2D eigenvalue weighted by molar-refractivity contribution is 6.35. The molecule has 0 amide bonds. The van der Waals surface area contributed by atoms with Crippen molar-refractivity contribution < 1.29 is 18.6 Å². The van der Waals surface area contributed by atoms with Crippen molar-refractivity contribution in [2.45, 2.75) is 6.61 Å². The third-order valence-corrected chi connectivity index (χ3v) is 1.59. The summed E-state index contributed by atoms with van der Waals surface area (Å²) in [5.41, 5.74) is 0.781. The van der Waals surface area contributed by atoms with Crippen molar-refractivity contribution in [2.24, 2.45) is 0 Å². The van der Waals surface area contributed by atoms with E-state index in [4.69, 9.17) is 0 Å². The number of esters is 1. The highest BCUT2D eigenvalue weighted by atomic mass is 35.5. The molecule has 0 unspecified atom stereocenters. The quantitative estimate of drug-likeness (QED) is 0.552. The van der Waals surface area contributed by atoms with Crippen LogP contribution in [0.15, 0.2) is 30.3 Å². The minimum absolute atomic E-state index is 0.0195. The van der Waals surface area contributed by atoms with Gasteiger partial charge in [0.2, 0.25) is 0 Å². The third kappa shape index (κ3) is 3.06. The van der Waals surface area contributed by atoms with Crippen molar-refractivity contribution in [3.63, 3.8) is 0 Å². The van der Waals surface area contributed by atoms with Gasteiger partial charge in [0, 0.05) is 0 Å². The molecule has 5 heteroatoms. The van der Waals surface area contributed by atoms with E-state index < -0.39 is 11.9 Å². The van der Waals surface area contributed by atoms with Crippen LogP contribution in [0, 0.1) is 0 Å². The molecule has 0 atom stereocenters. The van der Waals surface area contributed by atoms with E-state index >= 15 is 0 Å². The number of halogens is 1. The molecule has 14 heavy (non-hydrogen) atoms. The summed E-state index contributed by atoms with van der Waals surface area (Å²) in [5, 5.41) is 0. The van der Waals surface area contributed by atoms with Gasteiger partial charge in [-0.3, -0.25) is 0 Å². The van der Waals surface area contributed by atoms with Gasteiger partial charge < -0.3 is 9.03 Å². The minimum atomic E-state index is -1.22. The molecule has 0 N–H and O–H groups in total. The molecule has 0 saturated heterocycles. The van der Waals surface area contributed by atoms with E-state index in [-0.39, 0.29) is 6.61 Å². The fraction of sp³-hybridized carbons (Fsp3) is 0.111. The van der Waals surface area contributed by atoms with Gasteiger partial charge >= 0.3 is 11.9 Å². The van der Waals surface area contributed by atoms with Crippen LogP contribution in [0.1, 0.15) is 5.56 Å². The van der Waals surface area contributed by atoms with Gasteiger partial charge in [-0.1, -0.05) is 30.3 Å². The van der Waals surface area contributed by atoms with Gasteiger partial charge in [0.05, 0.1) is 0 Å². The first-order valence-electron chi connectivity index (χ1n) is 3.77. The maximum Gasteiger partial charge on any atom is 0.435 e. The lowest BCUT2D eigenvalue weighted by Crippen LogP contribution is -2.16. The number of ether oxygens (including phenoxy) is 1. The molecule has 0 fully saturated rings. The monoisotopic (exact) mass is 214 g/mol. The maximum absolute atomic E-state index is 10.8. The second kappa shape index (κ2) is 5.24. The highest BCUT2D eigenvalue weighted by Gasteiger charge is 2.16. The van der Waals surface area contributed by atoms with Crippen LogP contribution in [0.3, 0.4) is 0 Å². The van der Waals surface area contributed by atoms with Crippen LogP contribution in [0.4, 0.5) is 0 Å².